The van der Waals surface area contributed by atoms with Crippen LogP contribution in [0.25, 0.3) is 0 Å². The summed E-state index contributed by atoms with van der Waals surface area (Å²) in [6.07, 6.45) is 0. The molecule has 1 aromatic rings. The Morgan fingerprint density at radius 1 is 1.44 bits per heavy atom. The summed E-state index contributed by atoms with van der Waals surface area (Å²) in [6, 6.07) is 4.37. The van der Waals surface area contributed by atoms with Crippen molar-refractivity contribution in [2.24, 2.45) is 5.73 Å². The normalized spacial score (nSPS) is 12.2. The fraction of sp³-hybridized carbons (Fsp3) is 0.300. The molecule has 0 saturated heterocycles. The number of rotatable bonds is 6. The van der Waals surface area contributed by atoms with Gasteiger partial charge in [-0.3, -0.25) is 9.52 Å². The second-order valence-electron chi connectivity index (χ2n) is 3.67. The highest BCUT2D eigenvalue weighted by Gasteiger charge is 2.13. The quantitative estimate of drug-likeness (QED) is 0.470. The van der Waals surface area contributed by atoms with E-state index in [0.29, 0.717) is 16.9 Å². The highest BCUT2D eigenvalue weighted by Crippen LogP contribution is 2.29. The van der Waals surface area contributed by atoms with Gasteiger partial charge in [-0.15, -0.1) is 0 Å². The maximum Gasteiger partial charge on any atom is 0.322 e. The van der Waals surface area contributed by atoms with Gasteiger partial charge in [-0.25, -0.2) is 8.42 Å². The molecule has 0 fully saturated rings. The monoisotopic (exact) mass is 273 g/mol. The maximum absolute atomic E-state index is 10.7. The number of carboxylic acids is 1. The van der Waals surface area contributed by atoms with E-state index in [1.807, 2.05) is 0 Å². The van der Waals surface area contributed by atoms with Gasteiger partial charge < -0.3 is 16.2 Å². The number of carboxylic acid groups (broad SMARTS) is 1. The lowest BCUT2D eigenvalue weighted by Gasteiger charge is -2.17. The topological polar surface area (TPSA) is 122 Å². The summed E-state index contributed by atoms with van der Waals surface area (Å²) in [5, 5.41) is 11.3. The summed E-state index contributed by atoms with van der Waals surface area (Å²) in [7, 11) is -2.80. The van der Waals surface area contributed by atoms with E-state index in [2.05, 4.69) is 10.0 Å². The molecule has 0 spiro atoms. The van der Waals surface area contributed by atoms with Crippen molar-refractivity contribution >= 4 is 28.2 Å². The van der Waals surface area contributed by atoms with E-state index in [-0.39, 0.29) is 6.54 Å². The highest BCUT2D eigenvalue weighted by molar-refractivity contribution is 7.73. The Labute approximate surface area is 106 Å². The highest BCUT2D eigenvalue weighted by atomic mass is 32.2. The number of carbonyl (C=O) groups is 1. The zero-order valence-corrected chi connectivity index (χ0v) is 10.6. The van der Waals surface area contributed by atoms with Gasteiger partial charge in [0, 0.05) is 17.3 Å². The molecule has 1 atom stereocenters. The van der Waals surface area contributed by atoms with Crippen LogP contribution in [0.1, 0.15) is 18.5 Å². The molecule has 0 aromatic heterocycles. The van der Waals surface area contributed by atoms with Crippen LogP contribution in [-0.4, -0.2) is 26.0 Å². The molecule has 0 aliphatic carbocycles. The summed E-state index contributed by atoms with van der Waals surface area (Å²) in [5.74, 6) is -1.01. The van der Waals surface area contributed by atoms with Crippen LogP contribution >= 0.6 is 0 Å². The predicted molar refractivity (Wildman–Crippen MR) is 69.1 cm³/mol. The van der Waals surface area contributed by atoms with Gasteiger partial charge in [0.25, 0.3) is 0 Å². The number of nitrogens with one attached hydrogen (secondary N) is 2. The first-order valence-electron chi connectivity index (χ1n) is 5.17. The van der Waals surface area contributed by atoms with Gasteiger partial charge in [-0.2, -0.15) is 0 Å². The number of hydrogen-bond donors (Lipinski definition) is 5. The van der Waals surface area contributed by atoms with Gasteiger partial charge in [-0.05, 0) is 19.1 Å². The molecule has 5 N–H and O–H groups in total. The zero-order valence-electron chi connectivity index (χ0n) is 9.71. The van der Waals surface area contributed by atoms with Crippen LogP contribution in [0.15, 0.2) is 18.2 Å². The van der Waals surface area contributed by atoms with E-state index in [1.165, 1.54) is 0 Å². The summed E-state index contributed by atoms with van der Waals surface area (Å²) in [4.78, 5) is 10.5. The number of hydrogen-bond acceptors (Lipinski definition) is 5. The smallest absolute Gasteiger partial charge is 0.322 e. The first kappa shape index (κ1) is 14.3. The van der Waals surface area contributed by atoms with Crippen molar-refractivity contribution in [3.8, 4) is 0 Å². The molecule has 0 amide bonds. The first-order chi connectivity index (χ1) is 8.41. The van der Waals surface area contributed by atoms with Crippen molar-refractivity contribution in [1.29, 1.82) is 0 Å². The number of aliphatic carboxylic acids is 1. The van der Waals surface area contributed by atoms with Gasteiger partial charge in [-0.1, -0.05) is 6.07 Å². The minimum absolute atomic E-state index is 0.271. The van der Waals surface area contributed by atoms with E-state index in [1.54, 1.807) is 25.1 Å². The van der Waals surface area contributed by atoms with Gasteiger partial charge in [0.1, 0.15) is 6.54 Å². The third kappa shape index (κ3) is 3.90. The van der Waals surface area contributed by atoms with E-state index in [9.17, 15) is 13.2 Å². The Bertz CT molecular complexity index is 506. The van der Waals surface area contributed by atoms with E-state index >= 15 is 0 Å². The molecule has 0 aliphatic heterocycles. The molecule has 8 heteroatoms. The van der Waals surface area contributed by atoms with Gasteiger partial charge in [0.2, 0.25) is 10.9 Å². The SMILES string of the molecule is CC(N)c1c(NCC(=O)O)cccc1N[SH](=O)=O. The fourth-order valence-electron chi connectivity index (χ4n) is 1.58. The summed E-state index contributed by atoms with van der Waals surface area (Å²) in [6.45, 7) is 1.41. The minimum Gasteiger partial charge on any atom is -0.480 e. The summed E-state index contributed by atoms with van der Waals surface area (Å²) < 4.78 is 23.7. The fourth-order valence-corrected chi connectivity index (χ4v) is 1.97. The molecule has 100 valence electrons. The van der Waals surface area contributed by atoms with Crippen molar-refractivity contribution < 1.29 is 18.3 Å². The lowest BCUT2D eigenvalue weighted by atomic mass is 10.0. The van der Waals surface area contributed by atoms with Crippen molar-refractivity contribution in [2.75, 3.05) is 16.6 Å². The largest absolute Gasteiger partial charge is 0.480 e. The molecule has 1 rings (SSSR count). The number of anilines is 2. The third-order valence-electron chi connectivity index (χ3n) is 2.20. The number of thiol groups is 1. The second kappa shape index (κ2) is 6.22. The Morgan fingerprint density at radius 3 is 2.56 bits per heavy atom. The standard InChI is InChI=1S/C10H15N3O4S/c1-6(11)10-7(12-5-9(14)15)3-2-4-8(10)13-18(16)17/h2-4,6,12,18H,5,11H2,1H3,(H,14,15)(H,13,16,17). The molecule has 0 saturated carbocycles. The second-order valence-corrected chi connectivity index (χ2v) is 4.41. The van der Waals surface area contributed by atoms with Gasteiger partial charge >= 0.3 is 5.97 Å². The summed E-state index contributed by atoms with van der Waals surface area (Å²) >= 11 is 0. The first-order valence-corrected chi connectivity index (χ1v) is 6.34. The average molecular weight is 273 g/mol. The third-order valence-corrected chi connectivity index (χ3v) is 2.63. The molecule has 1 unspecified atom stereocenters. The molecule has 0 heterocycles. The Kier molecular flexibility index (Phi) is 4.93. The Morgan fingerprint density at radius 2 is 2.06 bits per heavy atom. The van der Waals surface area contributed by atoms with Crippen LogP contribution < -0.4 is 15.8 Å². The molecular weight excluding hydrogens is 258 g/mol. The number of benzene rings is 1. The van der Waals surface area contributed by atoms with Crippen molar-refractivity contribution in [2.45, 2.75) is 13.0 Å². The van der Waals surface area contributed by atoms with Crippen LogP contribution in [0.2, 0.25) is 0 Å². The van der Waals surface area contributed by atoms with Crippen molar-refractivity contribution in [3.63, 3.8) is 0 Å². The molecule has 7 nitrogen and oxygen atoms in total. The molecule has 0 bridgehead atoms. The van der Waals surface area contributed by atoms with Crippen LogP contribution in [0.4, 0.5) is 11.4 Å². The maximum atomic E-state index is 10.7. The molecule has 0 aliphatic rings. The van der Waals surface area contributed by atoms with Crippen LogP contribution in [0.3, 0.4) is 0 Å². The van der Waals surface area contributed by atoms with Gasteiger partial charge in [0.05, 0.1) is 5.69 Å². The lowest BCUT2D eigenvalue weighted by Crippen LogP contribution is -2.17. The molecule has 0 radical (unpaired) electrons. The van der Waals surface area contributed by atoms with Crippen LogP contribution in [0.5, 0.6) is 0 Å². The summed E-state index contributed by atoms with van der Waals surface area (Å²) in [5.41, 5.74) is 7.14. The predicted octanol–water partition coefficient (Wildman–Crippen LogP) is 0.141. The molecule has 18 heavy (non-hydrogen) atoms. The molecular formula is C10H15N3O4S. The Hall–Kier alpha value is -1.80. The van der Waals surface area contributed by atoms with E-state index in [4.69, 9.17) is 10.8 Å². The van der Waals surface area contributed by atoms with Crippen molar-refractivity contribution in [3.05, 3.63) is 23.8 Å². The van der Waals surface area contributed by atoms with E-state index in [0.717, 1.165) is 0 Å². The van der Waals surface area contributed by atoms with Crippen LogP contribution in [0, 0.1) is 0 Å². The number of nitrogens with two attached hydrogens (primary N) is 1. The Balaban J connectivity index is 3.12. The van der Waals surface area contributed by atoms with Crippen LogP contribution in [-0.2, 0) is 15.7 Å². The average Bonchev–Trinajstić information content (AvgIpc) is 2.25. The van der Waals surface area contributed by atoms with Gasteiger partial charge in [0.15, 0.2) is 0 Å². The lowest BCUT2D eigenvalue weighted by molar-refractivity contribution is -0.134. The zero-order chi connectivity index (χ0) is 13.7. The minimum atomic E-state index is -2.80. The van der Waals surface area contributed by atoms with Crippen molar-refractivity contribution in [1.82, 2.24) is 0 Å². The molecule has 1 aromatic carbocycles. The van der Waals surface area contributed by atoms with E-state index < -0.39 is 22.9 Å².